The monoisotopic (exact) mass is 626 g/mol. The van der Waals surface area contributed by atoms with Gasteiger partial charge in [-0.1, -0.05) is 116 Å². The van der Waals surface area contributed by atoms with Crippen LogP contribution in [0, 0.1) is 6.92 Å². The van der Waals surface area contributed by atoms with Crippen LogP contribution in [0.15, 0.2) is 158 Å². The number of fused-ring (bicyclic) bond motifs is 3. The molecular formula is C42H31N2O2P. The molecule has 1 atom stereocenters. The van der Waals surface area contributed by atoms with Gasteiger partial charge in [-0.3, -0.25) is 4.57 Å². The Hall–Kier alpha value is -5.70. The molecular weight excluding hydrogens is 595 g/mol. The molecule has 1 aliphatic heterocycles. The number of aromatic nitrogens is 2. The summed E-state index contributed by atoms with van der Waals surface area (Å²) < 4.78 is 24.2. The number of rotatable bonds is 6. The number of aryl methyl sites for hydroxylation is 1. The van der Waals surface area contributed by atoms with Gasteiger partial charge in [0.2, 0.25) is 0 Å². The van der Waals surface area contributed by atoms with Gasteiger partial charge in [0.05, 0.1) is 21.6 Å². The maximum atomic E-state index is 15.6. The quantitative estimate of drug-likeness (QED) is 0.136. The highest BCUT2D eigenvalue weighted by atomic mass is 31.2. The highest BCUT2D eigenvalue weighted by Gasteiger charge is 2.39. The lowest BCUT2D eigenvalue weighted by Crippen LogP contribution is -2.31. The van der Waals surface area contributed by atoms with Gasteiger partial charge in [-0.2, -0.15) is 0 Å². The van der Waals surface area contributed by atoms with Crippen LogP contribution in [0.2, 0.25) is 0 Å². The van der Waals surface area contributed by atoms with Gasteiger partial charge in [-0.25, -0.2) is 4.98 Å². The summed E-state index contributed by atoms with van der Waals surface area (Å²) in [7, 11) is -3.29. The van der Waals surface area contributed by atoms with E-state index in [2.05, 4.69) is 53.6 Å². The van der Waals surface area contributed by atoms with Crippen molar-refractivity contribution in [3.8, 4) is 39.7 Å². The fourth-order valence-electron chi connectivity index (χ4n) is 6.43. The number of nitrogens with zero attached hydrogens (tertiary/aromatic N) is 2. The second-order valence-electron chi connectivity index (χ2n) is 11.7. The molecule has 0 radical (unpaired) electrons. The first-order valence-electron chi connectivity index (χ1n) is 15.6. The molecule has 0 aliphatic carbocycles. The first-order valence-corrected chi connectivity index (χ1v) is 17.3. The minimum Gasteiger partial charge on any atom is -0.456 e. The van der Waals surface area contributed by atoms with Crippen LogP contribution in [0.5, 0.6) is 11.5 Å². The lowest BCUT2D eigenvalue weighted by atomic mass is 10.0. The van der Waals surface area contributed by atoms with E-state index in [9.17, 15) is 0 Å². The number of allylic oxidation sites excluding steroid dienone is 2. The molecule has 0 fully saturated rings. The zero-order chi connectivity index (χ0) is 32.0. The third kappa shape index (κ3) is 4.86. The maximum absolute atomic E-state index is 15.6. The van der Waals surface area contributed by atoms with Gasteiger partial charge in [0, 0.05) is 16.6 Å². The van der Waals surface area contributed by atoms with Crippen molar-refractivity contribution in [1.82, 2.24) is 9.55 Å². The summed E-state index contributed by atoms with van der Waals surface area (Å²) in [6.07, 6.45) is 5.64. The van der Waals surface area contributed by atoms with E-state index in [0.29, 0.717) is 22.1 Å². The molecule has 7 aromatic rings. The Balaban J connectivity index is 1.25. The van der Waals surface area contributed by atoms with Crippen molar-refractivity contribution in [3.63, 3.8) is 0 Å². The average molecular weight is 627 g/mol. The highest BCUT2D eigenvalue weighted by molar-refractivity contribution is 7.85. The van der Waals surface area contributed by atoms with Crippen LogP contribution in [-0.2, 0) is 4.57 Å². The summed E-state index contributed by atoms with van der Waals surface area (Å²) in [5.41, 5.74) is 8.08. The van der Waals surface area contributed by atoms with Gasteiger partial charge < -0.3 is 9.30 Å². The summed E-state index contributed by atoms with van der Waals surface area (Å²) in [6, 6.07) is 46.8. The molecule has 5 heteroatoms. The second kappa shape index (κ2) is 11.6. The second-order valence-corrected chi connectivity index (χ2v) is 14.4. The molecule has 2 heterocycles. The van der Waals surface area contributed by atoms with E-state index in [1.54, 1.807) is 6.08 Å². The van der Waals surface area contributed by atoms with Gasteiger partial charge in [0.15, 0.2) is 7.14 Å². The molecule has 1 unspecified atom stereocenters. The average Bonchev–Trinajstić information content (AvgIpc) is 3.51. The molecule has 0 bridgehead atoms. The number of benzene rings is 6. The normalized spacial score (nSPS) is 15.3. The predicted octanol–water partition coefficient (Wildman–Crippen LogP) is 9.61. The Morgan fingerprint density at radius 3 is 2.15 bits per heavy atom. The van der Waals surface area contributed by atoms with E-state index < -0.39 is 7.14 Å². The van der Waals surface area contributed by atoms with E-state index in [1.165, 1.54) is 0 Å². The zero-order valence-corrected chi connectivity index (χ0v) is 26.8. The van der Waals surface area contributed by atoms with Crippen molar-refractivity contribution < 1.29 is 9.30 Å². The zero-order valence-electron chi connectivity index (χ0n) is 25.9. The molecule has 4 nitrogen and oxygen atoms in total. The third-order valence-electron chi connectivity index (χ3n) is 8.79. The van der Waals surface area contributed by atoms with E-state index in [1.807, 2.05) is 116 Å². The molecule has 47 heavy (non-hydrogen) atoms. The minimum atomic E-state index is -3.29. The van der Waals surface area contributed by atoms with Crippen LogP contribution in [0.4, 0.5) is 0 Å². The van der Waals surface area contributed by atoms with Crippen molar-refractivity contribution in [1.29, 1.82) is 0 Å². The van der Waals surface area contributed by atoms with Crippen molar-refractivity contribution in [2.45, 2.75) is 6.92 Å². The number of hydrogen-bond donors (Lipinski definition) is 0. The van der Waals surface area contributed by atoms with Crippen LogP contribution in [0.1, 0.15) is 11.1 Å². The number of para-hydroxylation sites is 2. The lowest BCUT2D eigenvalue weighted by Gasteiger charge is -2.30. The van der Waals surface area contributed by atoms with Crippen molar-refractivity contribution in [3.05, 3.63) is 169 Å². The lowest BCUT2D eigenvalue weighted by molar-refractivity contribution is 0.485. The summed E-state index contributed by atoms with van der Waals surface area (Å²) in [5, 5.41) is 2.19. The van der Waals surface area contributed by atoms with Gasteiger partial charge in [0.1, 0.15) is 17.3 Å². The van der Waals surface area contributed by atoms with Crippen molar-refractivity contribution in [2.24, 2.45) is 0 Å². The Kier molecular flexibility index (Phi) is 7.09. The van der Waals surface area contributed by atoms with Crippen LogP contribution in [-0.4, -0.2) is 9.55 Å². The largest absolute Gasteiger partial charge is 0.456 e. The summed E-state index contributed by atoms with van der Waals surface area (Å²) in [5.74, 6) is 2.15. The van der Waals surface area contributed by atoms with Gasteiger partial charge >= 0.3 is 0 Å². The predicted molar refractivity (Wildman–Crippen MR) is 195 cm³/mol. The van der Waals surface area contributed by atoms with Crippen LogP contribution < -0.4 is 20.7 Å². The Bertz CT molecular complexity index is 2370. The van der Waals surface area contributed by atoms with E-state index in [0.717, 1.165) is 55.7 Å². The molecule has 0 spiro atoms. The number of hydrogen-bond acceptors (Lipinski definition) is 3. The number of ether oxygens (including phenoxy) is 1. The molecule has 1 aliphatic rings. The smallest absolute Gasteiger partial charge is 0.178 e. The molecule has 0 saturated heterocycles. The molecule has 0 N–H and O–H groups in total. The SMILES string of the molecule is C=C/C=C\c1cc2c(cc1C)Oc1ccc(-c3ccc(-n4c(-c5ccccc5)nc5ccccc54)cc3)cc1P2(=O)c1ccccc1. The van der Waals surface area contributed by atoms with Crippen molar-refractivity contribution >= 4 is 40.2 Å². The summed E-state index contributed by atoms with van der Waals surface area (Å²) in [6.45, 7) is 5.86. The highest BCUT2D eigenvalue weighted by Crippen LogP contribution is 2.52. The number of imidazole rings is 1. The molecule has 6 aromatic carbocycles. The first kappa shape index (κ1) is 28.8. The van der Waals surface area contributed by atoms with Crippen LogP contribution >= 0.6 is 7.14 Å². The molecule has 8 rings (SSSR count). The van der Waals surface area contributed by atoms with Gasteiger partial charge in [0.25, 0.3) is 0 Å². The van der Waals surface area contributed by atoms with Gasteiger partial charge in [-0.05, 0) is 77.7 Å². The van der Waals surface area contributed by atoms with E-state index in [4.69, 9.17) is 9.72 Å². The third-order valence-corrected chi connectivity index (χ3v) is 11.9. The fraction of sp³-hybridized carbons (Fsp3) is 0.0238. The molecule has 0 saturated carbocycles. The van der Waals surface area contributed by atoms with Crippen molar-refractivity contribution in [2.75, 3.05) is 0 Å². The Morgan fingerprint density at radius 1 is 0.702 bits per heavy atom. The van der Waals surface area contributed by atoms with E-state index >= 15 is 4.57 Å². The van der Waals surface area contributed by atoms with E-state index in [-0.39, 0.29) is 0 Å². The Labute approximate surface area is 274 Å². The van der Waals surface area contributed by atoms with Gasteiger partial charge in [-0.15, -0.1) is 0 Å². The summed E-state index contributed by atoms with van der Waals surface area (Å²) in [4.78, 5) is 4.99. The fourth-order valence-corrected chi connectivity index (χ4v) is 9.33. The van der Waals surface area contributed by atoms with Crippen LogP contribution in [0.25, 0.3) is 45.3 Å². The first-order chi connectivity index (χ1) is 23.0. The van der Waals surface area contributed by atoms with Crippen LogP contribution in [0.3, 0.4) is 0 Å². The standard InChI is InChI=1S/C42H31N2O2P/c1-3-4-13-32-27-41-39(26-29(32)2)46-38-25-22-33(28-40(38)47(41,45)35-16-9-6-10-17-35)30-20-23-34(24-21-30)44-37-19-12-11-18-36(37)43-42(44)31-14-7-5-8-15-31/h3-28H,1H2,2H3/b13-4-. The summed E-state index contributed by atoms with van der Waals surface area (Å²) >= 11 is 0. The topological polar surface area (TPSA) is 44.1 Å². The molecule has 226 valence electrons. The minimum absolute atomic E-state index is 0.622. The molecule has 1 aromatic heterocycles. The maximum Gasteiger partial charge on any atom is 0.178 e. The Morgan fingerprint density at radius 2 is 1.38 bits per heavy atom. The molecule has 0 amide bonds.